The zero-order chi connectivity index (χ0) is 13.7. The summed E-state index contributed by atoms with van der Waals surface area (Å²) < 4.78 is 0. The van der Waals surface area contributed by atoms with Crippen molar-refractivity contribution in [2.75, 3.05) is 31.9 Å². The molecule has 1 aliphatic rings. The quantitative estimate of drug-likeness (QED) is 0.730. The third-order valence-corrected chi connectivity index (χ3v) is 4.03. The molecule has 0 aromatic heterocycles. The van der Waals surface area contributed by atoms with Crippen LogP contribution in [0.4, 0.5) is 5.69 Å². The zero-order valence-corrected chi connectivity index (χ0v) is 12.3. The summed E-state index contributed by atoms with van der Waals surface area (Å²) in [5, 5.41) is 0. The molecular formula is C16H27N3. The SMILES string of the molecule is CCN(CC)CCN(Cc1ccc(N)cc1)C1CC1. The highest BCUT2D eigenvalue weighted by molar-refractivity contribution is 5.39. The van der Waals surface area contributed by atoms with E-state index in [4.69, 9.17) is 5.73 Å². The molecule has 1 fully saturated rings. The van der Waals surface area contributed by atoms with Crippen molar-refractivity contribution in [2.24, 2.45) is 0 Å². The van der Waals surface area contributed by atoms with Gasteiger partial charge in [0.15, 0.2) is 0 Å². The van der Waals surface area contributed by atoms with Crippen molar-refractivity contribution in [3.05, 3.63) is 29.8 Å². The van der Waals surface area contributed by atoms with Gasteiger partial charge in [-0.1, -0.05) is 26.0 Å². The van der Waals surface area contributed by atoms with Gasteiger partial charge >= 0.3 is 0 Å². The number of nitrogens with zero attached hydrogens (tertiary/aromatic N) is 2. The number of nitrogen functional groups attached to an aromatic ring is 1. The standard InChI is InChI=1S/C16H27N3/c1-3-18(4-2)11-12-19(16-9-10-16)13-14-5-7-15(17)8-6-14/h5-8,16H,3-4,9-13,17H2,1-2H3. The van der Waals surface area contributed by atoms with Crippen molar-refractivity contribution < 1.29 is 0 Å². The van der Waals surface area contributed by atoms with Gasteiger partial charge in [0, 0.05) is 31.4 Å². The molecular weight excluding hydrogens is 234 g/mol. The van der Waals surface area contributed by atoms with E-state index < -0.39 is 0 Å². The second kappa shape index (κ2) is 6.92. The normalized spacial score (nSPS) is 15.4. The average Bonchev–Trinajstić information content (AvgIpc) is 3.25. The van der Waals surface area contributed by atoms with E-state index in [2.05, 4.69) is 35.8 Å². The van der Waals surface area contributed by atoms with E-state index in [9.17, 15) is 0 Å². The third-order valence-electron chi connectivity index (χ3n) is 4.03. The summed E-state index contributed by atoms with van der Waals surface area (Å²) in [6.45, 7) is 10.2. The number of rotatable bonds is 8. The predicted molar refractivity (Wildman–Crippen MR) is 82.1 cm³/mol. The first kappa shape index (κ1) is 14.4. The average molecular weight is 261 g/mol. The van der Waals surface area contributed by atoms with Crippen LogP contribution in [0.15, 0.2) is 24.3 Å². The first-order valence-electron chi connectivity index (χ1n) is 7.53. The molecule has 0 bridgehead atoms. The Balaban J connectivity index is 1.87. The van der Waals surface area contributed by atoms with Crippen molar-refractivity contribution in [3.8, 4) is 0 Å². The van der Waals surface area contributed by atoms with Crippen LogP contribution < -0.4 is 5.73 Å². The Morgan fingerprint density at radius 2 is 1.68 bits per heavy atom. The molecule has 2 N–H and O–H groups in total. The summed E-state index contributed by atoms with van der Waals surface area (Å²) in [5.74, 6) is 0. The van der Waals surface area contributed by atoms with Crippen molar-refractivity contribution in [1.29, 1.82) is 0 Å². The Labute approximate surface area is 117 Å². The molecule has 1 saturated carbocycles. The smallest absolute Gasteiger partial charge is 0.0314 e. The van der Waals surface area contributed by atoms with Crippen LogP contribution >= 0.6 is 0 Å². The van der Waals surface area contributed by atoms with Crippen molar-refractivity contribution in [2.45, 2.75) is 39.3 Å². The number of likely N-dealkylation sites (N-methyl/N-ethyl adjacent to an activating group) is 1. The molecule has 1 aromatic carbocycles. The summed E-state index contributed by atoms with van der Waals surface area (Å²) in [4.78, 5) is 5.13. The maximum absolute atomic E-state index is 5.74. The summed E-state index contributed by atoms with van der Waals surface area (Å²) in [6.07, 6.45) is 2.74. The molecule has 1 aromatic rings. The van der Waals surface area contributed by atoms with Gasteiger partial charge in [0.2, 0.25) is 0 Å². The highest BCUT2D eigenvalue weighted by Gasteiger charge is 2.28. The van der Waals surface area contributed by atoms with Crippen molar-refractivity contribution in [1.82, 2.24) is 9.80 Å². The molecule has 3 nitrogen and oxygen atoms in total. The molecule has 19 heavy (non-hydrogen) atoms. The zero-order valence-electron chi connectivity index (χ0n) is 12.3. The van der Waals surface area contributed by atoms with Gasteiger partial charge < -0.3 is 10.6 Å². The van der Waals surface area contributed by atoms with E-state index in [-0.39, 0.29) is 0 Å². The fourth-order valence-corrected chi connectivity index (χ4v) is 2.50. The molecule has 3 heteroatoms. The molecule has 0 aliphatic heterocycles. The summed E-state index contributed by atoms with van der Waals surface area (Å²) in [7, 11) is 0. The summed E-state index contributed by atoms with van der Waals surface area (Å²) in [6, 6.07) is 9.13. The van der Waals surface area contributed by atoms with Crippen molar-refractivity contribution in [3.63, 3.8) is 0 Å². The van der Waals surface area contributed by atoms with Crippen LogP contribution in [0.25, 0.3) is 0 Å². The van der Waals surface area contributed by atoms with Crippen LogP contribution in [0.5, 0.6) is 0 Å². The number of hydrogen-bond acceptors (Lipinski definition) is 3. The Hall–Kier alpha value is -1.06. The Morgan fingerprint density at radius 1 is 1.05 bits per heavy atom. The highest BCUT2D eigenvalue weighted by atomic mass is 15.2. The van der Waals surface area contributed by atoms with Crippen LogP contribution in [-0.2, 0) is 6.54 Å². The monoisotopic (exact) mass is 261 g/mol. The van der Waals surface area contributed by atoms with E-state index in [1.807, 2.05) is 12.1 Å². The van der Waals surface area contributed by atoms with Gasteiger partial charge in [-0.25, -0.2) is 0 Å². The number of anilines is 1. The van der Waals surface area contributed by atoms with Gasteiger partial charge in [-0.15, -0.1) is 0 Å². The van der Waals surface area contributed by atoms with E-state index in [1.165, 1.54) is 31.5 Å². The predicted octanol–water partition coefficient (Wildman–Crippen LogP) is 2.58. The first-order valence-corrected chi connectivity index (χ1v) is 7.53. The van der Waals surface area contributed by atoms with Gasteiger partial charge in [0.25, 0.3) is 0 Å². The maximum atomic E-state index is 5.74. The van der Waals surface area contributed by atoms with Gasteiger partial charge in [-0.05, 0) is 43.6 Å². The molecule has 1 aliphatic carbocycles. The lowest BCUT2D eigenvalue weighted by molar-refractivity contribution is 0.201. The topological polar surface area (TPSA) is 32.5 Å². The fraction of sp³-hybridized carbons (Fsp3) is 0.625. The second-order valence-corrected chi connectivity index (χ2v) is 5.47. The van der Waals surface area contributed by atoms with Gasteiger partial charge in [-0.2, -0.15) is 0 Å². The molecule has 0 atom stereocenters. The number of nitrogens with two attached hydrogens (primary N) is 1. The molecule has 106 valence electrons. The molecule has 0 amide bonds. The molecule has 0 heterocycles. The van der Waals surface area contributed by atoms with Crippen LogP contribution in [0, 0.1) is 0 Å². The Kier molecular flexibility index (Phi) is 5.23. The minimum atomic E-state index is 0.813. The van der Waals surface area contributed by atoms with Crippen LogP contribution in [0.3, 0.4) is 0 Å². The lowest BCUT2D eigenvalue weighted by Gasteiger charge is -2.26. The third kappa shape index (κ3) is 4.51. The van der Waals surface area contributed by atoms with Gasteiger partial charge in [0.1, 0.15) is 0 Å². The van der Waals surface area contributed by atoms with Crippen molar-refractivity contribution >= 4 is 5.69 Å². The van der Waals surface area contributed by atoms with Gasteiger partial charge in [0.05, 0.1) is 0 Å². The lowest BCUT2D eigenvalue weighted by atomic mass is 10.2. The van der Waals surface area contributed by atoms with Crippen LogP contribution in [0.1, 0.15) is 32.3 Å². The molecule has 0 radical (unpaired) electrons. The maximum Gasteiger partial charge on any atom is 0.0314 e. The molecule has 2 rings (SSSR count). The number of benzene rings is 1. The Bertz CT molecular complexity index is 366. The largest absolute Gasteiger partial charge is 0.399 e. The summed E-state index contributed by atoms with van der Waals surface area (Å²) >= 11 is 0. The minimum absolute atomic E-state index is 0.813. The van der Waals surface area contributed by atoms with Crippen LogP contribution in [-0.4, -0.2) is 42.0 Å². The highest BCUT2D eigenvalue weighted by Crippen LogP contribution is 2.28. The number of hydrogen-bond donors (Lipinski definition) is 1. The molecule has 0 spiro atoms. The van der Waals surface area contributed by atoms with E-state index in [0.29, 0.717) is 0 Å². The summed E-state index contributed by atoms with van der Waals surface area (Å²) in [5.41, 5.74) is 7.97. The first-order chi connectivity index (χ1) is 9.22. The lowest BCUT2D eigenvalue weighted by Crippen LogP contribution is -2.36. The van der Waals surface area contributed by atoms with E-state index >= 15 is 0 Å². The second-order valence-electron chi connectivity index (χ2n) is 5.47. The van der Waals surface area contributed by atoms with E-state index in [0.717, 1.165) is 31.4 Å². The minimum Gasteiger partial charge on any atom is -0.399 e. The fourth-order valence-electron chi connectivity index (χ4n) is 2.50. The van der Waals surface area contributed by atoms with Gasteiger partial charge in [-0.3, -0.25) is 4.90 Å². The van der Waals surface area contributed by atoms with E-state index in [1.54, 1.807) is 0 Å². The van der Waals surface area contributed by atoms with Crippen LogP contribution in [0.2, 0.25) is 0 Å². The Morgan fingerprint density at radius 3 is 2.21 bits per heavy atom. The molecule has 0 unspecified atom stereocenters. The molecule has 0 saturated heterocycles.